The summed E-state index contributed by atoms with van der Waals surface area (Å²) in [5, 5.41) is 13.2. The highest BCUT2D eigenvalue weighted by Crippen LogP contribution is 2.21. The molecule has 0 radical (unpaired) electrons. The van der Waals surface area contributed by atoms with E-state index in [1.165, 1.54) is 0 Å². The molecule has 2 heterocycles. The summed E-state index contributed by atoms with van der Waals surface area (Å²) < 4.78 is 5.32. The van der Waals surface area contributed by atoms with E-state index in [0.29, 0.717) is 16.9 Å². The monoisotopic (exact) mass is 272 g/mol. The highest BCUT2D eigenvalue weighted by Gasteiger charge is 2.14. The molecule has 0 saturated carbocycles. The van der Waals surface area contributed by atoms with Gasteiger partial charge in [-0.05, 0) is 37.1 Å². The molecule has 1 aliphatic rings. The first-order chi connectivity index (χ1) is 9.74. The molecule has 1 fully saturated rings. The van der Waals surface area contributed by atoms with Gasteiger partial charge < -0.3 is 15.2 Å². The third-order valence-corrected chi connectivity index (χ3v) is 3.54. The average Bonchev–Trinajstić information content (AvgIpc) is 2.47. The Morgan fingerprint density at radius 2 is 2.05 bits per heavy atom. The predicted octanol–water partition coefficient (Wildman–Crippen LogP) is 2.52. The van der Waals surface area contributed by atoms with E-state index in [4.69, 9.17) is 9.84 Å². The van der Waals surface area contributed by atoms with Crippen LogP contribution in [0, 0.1) is 0 Å². The van der Waals surface area contributed by atoms with Crippen molar-refractivity contribution in [1.82, 2.24) is 4.98 Å². The Morgan fingerprint density at radius 3 is 2.80 bits per heavy atom. The minimum Gasteiger partial charge on any atom is -0.478 e. The maximum atomic E-state index is 11.2. The molecule has 1 aromatic heterocycles. The topological polar surface area (TPSA) is 71.5 Å². The fourth-order valence-electron chi connectivity index (χ4n) is 2.47. The van der Waals surface area contributed by atoms with Gasteiger partial charge in [0.05, 0.1) is 11.1 Å². The number of rotatable bonds is 3. The van der Waals surface area contributed by atoms with Crippen molar-refractivity contribution in [2.45, 2.75) is 18.9 Å². The third kappa shape index (κ3) is 2.58. The van der Waals surface area contributed by atoms with Gasteiger partial charge in [-0.3, -0.25) is 0 Å². The van der Waals surface area contributed by atoms with Crippen LogP contribution in [0.5, 0.6) is 0 Å². The van der Waals surface area contributed by atoms with Crippen LogP contribution in [0.4, 0.5) is 5.82 Å². The quantitative estimate of drug-likeness (QED) is 0.898. The molecule has 104 valence electrons. The molecule has 0 unspecified atom stereocenters. The van der Waals surface area contributed by atoms with Crippen LogP contribution in [0.2, 0.25) is 0 Å². The second kappa shape index (κ2) is 5.46. The Morgan fingerprint density at radius 1 is 1.25 bits per heavy atom. The first kappa shape index (κ1) is 12.9. The molecule has 1 saturated heterocycles. The van der Waals surface area contributed by atoms with E-state index in [0.717, 1.165) is 31.9 Å². The van der Waals surface area contributed by atoms with Crippen LogP contribution >= 0.6 is 0 Å². The van der Waals surface area contributed by atoms with Crippen LogP contribution in [0.1, 0.15) is 23.2 Å². The molecule has 1 aliphatic heterocycles. The lowest BCUT2D eigenvalue weighted by Crippen LogP contribution is -2.28. The standard InChI is InChI=1S/C15H16N2O3/c18-15(19)12-2-1-3-13-11(12)4-5-14(17-13)16-10-6-8-20-9-7-10/h1-5,10H,6-9H2,(H,16,17)(H,18,19). The first-order valence-corrected chi connectivity index (χ1v) is 6.71. The van der Waals surface area contributed by atoms with Crippen LogP contribution < -0.4 is 5.32 Å². The molecule has 20 heavy (non-hydrogen) atoms. The molecule has 0 bridgehead atoms. The minimum absolute atomic E-state index is 0.285. The number of pyridine rings is 1. The zero-order chi connectivity index (χ0) is 13.9. The van der Waals surface area contributed by atoms with Gasteiger partial charge in [-0.25, -0.2) is 9.78 Å². The fourth-order valence-corrected chi connectivity index (χ4v) is 2.47. The Balaban J connectivity index is 1.89. The van der Waals surface area contributed by atoms with Crippen molar-refractivity contribution in [1.29, 1.82) is 0 Å². The summed E-state index contributed by atoms with van der Waals surface area (Å²) in [6, 6.07) is 9.17. The zero-order valence-electron chi connectivity index (χ0n) is 11.0. The van der Waals surface area contributed by atoms with E-state index in [2.05, 4.69) is 10.3 Å². The van der Waals surface area contributed by atoms with Crippen molar-refractivity contribution in [3.63, 3.8) is 0 Å². The normalized spacial score (nSPS) is 16.2. The summed E-state index contributed by atoms with van der Waals surface area (Å²) in [5.74, 6) is -0.144. The summed E-state index contributed by atoms with van der Waals surface area (Å²) in [4.78, 5) is 15.7. The molecule has 0 atom stereocenters. The molecular formula is C15H16N2O3. The maximum Gasteiger partial charge on any atom is 0.336 e. The van der Waals surface area contributed by atoms with E-state index >= 15 is 0 Å². The van der Waals surface area contributed by atoms with E-state index < -0.39 is 5.97 Å². The molecule has 3 rings (SSSR count). The Kier molecular flexibility index (Phi) is 3.52. The number of aromatic carboxylic acids is 1. The van der Waals surface area contributed by atoms with Crippen molar-refractivity contribution in [3.8, 4) is 0 Å². The maximum absolute atomic E-state index is 11.2. The van der Waals surface area contributed by atoms with Crippen LogP contribution in [-0.2, 0) is 4.74 Å². The molecule has 1 aromatic carbocycles. The van der Waals surface area contributed by atoms with Gasteiger partial charge in [0, 0.05) is 24.6 Å². The number of carboxylic acids is 1. The van der Waals surface area contributed by atoms with Crippen molar-refractivity contribution in [2.24, 2.45) is 0 Å². The highest BCUT2D eigenvalue weighted by atomic mass is 16.5. The molecule has 5 nitrogen and oxygen atoms in total. The Labute approximate surface area is 116 Å². The van der Waals surface area contributed by atoms with Crippen LogP contribution in [0.3, 0.4) is 0 Å². The van der Waals surface area contributed by atoms with Gasteiger partial charge in [0.15, 0.2) is 0 Å². The van der Waals surface area contributed by atoms with Crippen molar-refractivity contribution < 1.29 is 14.6 Å². The third-order valence-electron chi connectivity index (χ3n) is 3.54. The largest absolute Gasteiger partial charge is 0.478 e. The number of carbonyl (C=O) groups is 1. The summed E-state index contributed by atoms with van der Waals surface area (Å²) in [6.45, 7) is 1.54. The van der Waals surface area contributed by atoms with Gasteiger partial charge in [-0.2, -0.15) is 0 Å². The smallest absolute Gasteiger partial charge is 0.336 e. The number of hydrogen-bond acceptors (Lipinski definition) is 4. The van der Waals surface area contributed by atoms with Gasteiger partial charge >= 0.3 is 5.97 Å². The molecular weight excluding hydrogens is 256 g/mol. The van der Waals surface area contributed by atoms with E-state index in [-0.39, 0.29) is 5.56 Å². The second-order valence-corrected chi connectivity index (χ2v) is 4.90. The fraction of sp³-hybridized carbons (Fsp3) is 0.333. The van der Waals surface area contributed by atoms with Crippen LogP contribution in [0.15, 0.2) is 30.3 Å². The number of anilines is 1. The lowest BCUT2D eigenvalue weighted by atomic mass is 10.1. The highest BCUT2D eigenvalue weighted by molar-refractivity contribution is 6.02. The lowest BCUT2D eigenvalue weighted by molar-refractivity contribution is 0.0699. The number of nitrogens with zero attached hydrogens (tertiary/aromatic N) is 1. The molecule has 2 aromatic rings. The van der Waals surface area contributed by atoms with Gasteiger partial charge in [-0.15, -0.1) is 0 Å². The zero-order valence-corrected chi connectivity index (χ0v) is 11.0. The summed E-state index contributed by atoms with van der Waals surface area (Å²) in [5.41, 5.74) is 0.981. The molecule has 5 heteroatoms. The lowest BCUT2D eigenvalue weighted by Gasteiger charge is -2.23. The minimum atomic E-state index is -0.928. The molecule has 0 aliphatic carbocycles. The summed E-state index contributed by atoms with van der Waals surface area (Å²) in [7, 11) is 0. The average molecular weight is 272 g/mol. The molecule has 2 N–H and O–H groups in total. The van der Waals surface area contributed by atoms with Crippen molar-refractivity contribution in [3.05, 3.63) is 35.9 Å². The van der Waals surface area contributed by atoms with Crippen molar-refractivity contribution in [2.75, 3.05) is 18.5 Å². The number of hydrogen-bond donors (Lipinski definition) is 2. The van der Waals surface area contributed by atoms with Gasteiger partial charge in [-0.1, -0.05) is 6.07 Å². The first-order valence-electron chi connectivity index (χ1n) is 6.71. The number of benzene rings is 1. The molecule has 0 amide bonds. The number of nitrogens with one attached hydrogen (secondary N) is 1. The van der Waals surface area contributed by atoms with E-state index in [9.17, 15) is 4.79 Å². The van der Waals surface area contributed by atoms with Gasteiger partial charge in [0.1, 0.15) is 5.82 Å². The van der Waals surface area contributed by atoms with E-state index in [1.54, 1.807) is 12.1 Å². The SMILES string of the molecule is O=C(O)c1cccc2nc(NC3CCOCC3)ccc12. The summed E-state index contributed by atoms with van der Waals surface area (Å²) >= 11 is 0. The van der Waals surface area contributed by atoms with Gasteiger partial charge in [0.2, 0.25) is 0 Å². The number of aromatic nitrogens is 1. The second-order valence-electron chi connectivity index (χ2n) is 4.90. The Hall–Kier alpha value is -2.14. The number of fused-ring (bicyclic) bond motifs is 1. The Bertz CT molecular complexity index is 636. The molecule has 0 spiro atoms. The van der Waals surface area contributed by atoms with E-state index in [1.807, 2.05) is 18.2 Å². The predicted molar refractivity (Wildman–Crippen MR) is 76.2 cm³/mol. The van der Waals surface area contributed by atoms with Crippen LogP contribution in [0.25, 0.3) is 10.9 Å². The van der Waals surface area contributed by atoms with Crippen LogP contribution in [-0.4, -0.2) is 35.3 Å². The number of ether oxygens (including phenoxy) is 1. The van der Waals surface area contributed by atoms with Gasteiger partial charge in [0.25, 0.3) is 0 Å². The van der Waals surface area contributed by atoms with Crippen molar-refractivity contribution >= 4 is 22.7 Å². The number of carboxylic acid groups (broad SMARTS) is 1. The summed E-state index contributed by atoms with van der Waals surface area (Å²) in [6.07, 6.45) is 1.93.